The third-order valence-corrected chi connectivity index (χ3v) is 6.25. The summed E-state index contributed by atoms with van der Waals surface area (Å²) in [7, 11) is -3.28. The van der Waals surface area contributed by atoms with Crippen LogP contribution in [0.2, 0.25) is 0 Å². The Morgan fingerprint density at radius 3 is 2.61 bits per heavy atom. The highest BCUT2D eigenvalue weighted by Crippen LogP contribution is 2.29. The molecule has 0 aliphatic carbocycles. The van der Waals surface area contributed by atoms with E-state index in [0.29, 0.717) is 19.0 Å². The van der Waals surface area contributed by atoms with Crippen molar-refractivity contribution in [2.24, 2.45) is 11.8 Å². The summed E-state index contributed by atoms with van der Waals surface area (Å²) in [6.45, 7) is 9.27. The molecule has 2 atom stereocenters. The number of thiophene rings is 1. The van der Waals surface area contributed by atoms with Crippen molar-refractivity contribution in [2.45, 2.75) is 40.2 Å². The lowest BCUT2D eigenvalue weighted by Gasteiger charge is -2.21. The molecule has 23 heavy (non-hydrogen) atoms. The van der Waals surface area contributed by atoms with Crippen molar-refractivity contribution in [3.05, 3.63) is 21.4 Å². The summed E-state index contributed by atoms with van der Waals surface area (Å²) >= 11 is 1.60. The Morgan fingerprint density at radius 2 is 2.09 bits per heavy atom. The van der Waals surface area contributed by atoms with Crippen LogP contribution in [-0.4, -0.2) is 44.6 Å². The van der Waals surface area contributed by atoms with Crippen molar-refractivity contribution in [3.8, 4) is 0 Å². The van der Waals surface area contributed by atoms with Gasteiger partial charge in [-0.2, -0.15) is 0 Å². The van der Waals surface area contributed by atoms with E-state index in [2.05, 4.69) is 25.5 Å². The second-order valence-electron chi connectivity index (χ2n) is 6.65. The minimum Gasteiger partial charge on any atom is -0.337 e. The molecular weight excluding hydrogens is 332 g/mol. The first kappa shape index (κ1) is 18.4. The molecule has 1 aromatic rings. The monoisotopic (exact) mass is 358 g/mol. The van der Waals surface area contributed by atoms with E-state index in [4.69, 9.17) is 0 Å². The summed E-state index contributed by atoms with van der Waals surface area (Å²) < 4.78 is 25.9. The molecule has 1 fully saturated rings. The van der Waals surface area contributed by atoms with Gasteiger partial charge in [-0.3, -0.25) is 4.79 Å². The van der Waals surface area contributed by atoms with Crippen molar-refractivity contribution in [3.63, 3.8) is 0 Å². The zero-order chi connectivity index (χ0) is 17.4. The molecule has 1 N–H and O–H groups in total. The molecule has 0 radical (unpaired) electrons. The van der Waals surface area contributed by atoms with E-state index in [-0.39, 0.29) is 17.9 Å². The molecule has 0 saturated carbocycles. The smallest absolute Gasteiger partial charge is 0.255 e. The second-order valence-corrected chi connectivity index (χ2v) is 9.52. The Bertz CT molecular complexity index is 679. The van der Waals surface area contributed by atoms with Crippen molar-refractivity contribution in [1.82, 2.24) is 9.62 Å². The first-order valence-corrected chi connectivity index (χ1v) is 10.7. The van der Waals surface area contributed by atoms with Crippen LogP contribution in [0, 0.1) is 18.8 Å². The van der Waals surface area contributed by atoms with Gasteiger partial charge in [-0.1, -0.05) is 20.8 Å². The summed E-state index contributed by atoms with van der Waals surface area (Å²) in [5.74, 6) is 0.468. The highest BCUT2D eigenvalue weighted by molar-refractivity contribution is 7.88. The van der Waals surface area contributed by atoms with Gasteiger partial charge in [0.15, 0.2) is 0 Å². The molecule has 2 heterocycles. The maximum Gasteiger partial charge on any atom is 0.255 e. The summed E-state index contributed by atoms with van der Waals surface area (Å²) in [4.78, 5) is 15.9. The fourth-order valence-corrected chi connectivity index (χ4v) is 5.07. The predicted molar refractivity (Wildman–Crippen MR) is 94.4 cm³/mol. The van der Waals surface area contributed by atoms with Crippen LogP contribution in [0.15, 0.2) is 5.38 Å². The molecule has 0 bridgehead atoms. The number of rotatable bonds is 5. The topological polar surface area (TPSA) is 66.5 Å². The van der Waals surface area contributed by atoms with E-state index in [9.17, 15) is 13.2 Å². The largest absolute Gasteiger partial charge is 0.337 e. The molecule has 2 rings (SSSR count). The molecule has 2 unspecified atom stereocenters. The maximum absolute atomic E-state index is 12.9. The van der Waals surface area contributed by atoms with Crippen LogP contribution in [0.5, 0.6) is 0 Å². The lowest BCUT2D eigenvalue weighted by molar-refractivity contribution is 0.0782. The molecule has 1 aromatic heterocycles. The lowest BCUT2D eigenvalue weighted by Crippen LogP contribution is -2.41. The van der Waals surface area contributed by atoms with Gasteiger partial charge in [0.05, 0.1) is 11.8 Å². The average molecular weight is 359 g/mol. The Balaban J connectivity index is 2.22. The lowest BCUT2D eigenvalue weighted by atomic mass is 9.92. The minimum absolute atomic E-state index is 0.0228. The third kappa shape index (κ3) is 4.14. The van der Waals surface area contributed by atoms with Crippen molar-refractivity contribution in [1.29, 1.82) is 0 Å². The quantitative estimate of drug-likeness (QED) is 0.878. The molecule has 7 heteroatoms. The molecular formula is C16H26N2O3S2. The zero-order valence-corrected chi connectivity index (χ0v) is 16.1. The van der Waals surface area contributed by atoms with Crippen molar-refractivity contribution < 1.29 is 13.2 Å². The SMILES string of the molecule is CCc1c(C(=O)N2CC(NS(C)(=O)=O)C(C(C)C)C2)csc1C. The minimum atomic E-state index is -3.28. The zero-order valence-electron chi connectivity index (χ0n) is 14.4. The van der Waals surface area contributed by atoms with Crippen LogP contribution in [0.4, 0.5) is 0 Å². The number of hydrogen-bond donors (Lipinski definition) is 1. The first-order valence-electron chi connectivity index (χ1n) is 7.97. The first-order chi connectivity index (χ1) is 10.6. The van der Waals surface area contributed by atoms with Gasteiger partial charge in [0, 0.05) is 29.4 Å². The number of carbonyl (C=O) groups excluding carboxylic acids is 1. The Kier molecular flexibility index (Phi) is 5.53. The summed E-state index contributed by atoms with van der Waals surface area (Å²) in [5, 5.41) is 1.93. The second kappa shape index (κ2) is 6.91. The van der Waals surface area contributed by atoms with E-state index in [0.717, 1.165) is 17.5 Å². The van der Waals surface area contributed by atoms with E-state index in [1.165, 1.54) is 11.1 Å². The Morgan fingerprint density at radius 1 is 1.43 bits per heavy atom. The molecule has 1 saturated heterocycles. The van der Waals surface area contributed by atoms with E-state index in [1.54, 1.807) is 16.2 Å². The number of nitrogens with one attached hydrogen (secondary N) is 1. The van der Waals surface area contributed by atoms with Gasteiger partial charge >= 0.3 is 0 Å². The van der Waals surface area contributed by atoms with E-state index in [1.807, 2.05) is 12.3 Å². The summed E-state index contributed by atoms with van der Waals surface area (Å²) in [6.07, 6.45) is 2.01. The van der Waals surface area contributed by atoms with Gasteiger partial charge in [0.25, 0.3) is 5.91 Å². The van der Waals surface area contributed by atoms with Gasteiger partial charge in [0.2, 0.25) is 10.0 Å². The third-order valence-electron chi connectivity index (χ3n) is 4.56. The van der Waals surface area contributed by atoms with Crippen LogP contribution >= 0.6 is 11.3 Å². The number of carbonyl (C=O) groups is 1. The highest BCUT2D eigenvalue weighted by Gasteiger charge is 2.39. The van der Waals surface area contributed by atoms with Gasteiger partial charge in [-0.15, -0.1) is 11.3 Å². The molecule has 1 aliphatic heterocycles. The summed E-state index contributed by atoms with van der Waals surface area (Å²) in [5.41, 5.74) is 1.89. The molecule has 0 spiro atoms. The number of likely N-dealkylation sites (tertiary alicyclic amines) is 1. The average Bonchev–Trinajstić information content (AvgIpc) is 2.99. The van der Waals surface area contributed by atoms with Crippen molar-refractivity contribution >= 4 is 27.3 Å². The number of amides is 1. The molecule has 1 aliphatic rings. The number of sulfonamides is 1. The van der Waals surface area contributed by atoms with Gasteiger partial charge in [-0.25, -0.2) is 13.1 Å². The Hall–Kier alpha value is -0.920. The highest BCUT2D eigenvalue weighted by atomic mass is 32.2. The number of hydrogen-bond acceptors (Lipinski definition) is 4. The summed E-state index contributed by atoms with van der Waals surface area (Å²) in [6, 6.07) is -0.209. The fourth-order valence-electron chi connectivity index (χ4n) is 3.34. The fraction of sp³-hybridized carbons (Fsp3) is 0.688. The van der Waals surface area contributed by atoms with Crippen LogP contribution in [-0.2, 0) is 16.4 Å². The molecule has 130 valence electrons. The van der Waals surface area contributed by atoms with Gasteiger partial charge in [0.1, 0.15) is 0 Å². The van der Waals surface area contributed by atoms with Crippen LogP contribution in [0.1, 0.15) is 41.6 Å². The van der Waals surface area contributed by atoms with Crippen LogP contribution < -0.4 is 4.72 Å². The van der Waals surface area contributed by atoms with Crippen LogP contribution in [0.3, 0.4) is 0 Å². The number of aryl methyl sites for hydroxylation is 1. The Labute approximate surface area is 143 Å². The molecule has 5 nitrogen and oxygen atoms in total. The van der Waals surface area contributed by atoms with E-state index >= 15 is 0 Å². The molecule has 0 aromatic carbocycles. The normalized spacial score (nSPS) is 22.1. The van der Waals surface area contributed by atoms with Gasteiger partial charge < -0.3 is 4.90 Å². The van der Waals surface area contributed by atoms with Crippen LogP contribution in [0.25, 0.3) is 0 Å². The standard InChI is InChI=1S/C16H26N2O3S2/c1-6-12-11(4)22-9-14(12)16(19)18-7-13(10(2)3)15(8-18)17-23(5,20)21/h9-10,13,15,17H,6-8H2,1-5H3. The molecule has 1 amide bonds. The van der Waals surface area contributed by atoms with E-state index < -0.39 is 10.0 Å². The predicted octanol–water partition coefficient (Wildman–Crippen LogP) is 2.26. The number of nitrogens with zero attached hydrogens (tertiary/aromatic N) is 1. The van der Waals surface area contributed by atoms with Crippen molar-refractivity contribution in [2.75, 3.05) is 19.3 Å². The van der Waals surface area contributed by atoms with Gasteiger partial charge in [-0.05, 0) is 30.7 Å². The maximum atomic E-state index is 12.9.